The fraction of sp³-hybridized carbons (Fsp3) is 0.800. The zero-order valence-electron chi connectivity index (χ0n) is 9.03. The van der Waals surface area contributed by atoms with Gasteiger partial charge in [-0.2, -0.15) is 0 Å². The molecular weight excluding hydrogens is 212 g/mol. The van der Waals surface area contributed by atoms with Crippen LogP contribution in [0.3, 0.4) is 0 Å². The largest absolute Gasteiger partial charge is 0.395 e. The highest BCUT2D eigenvalue weighted by Crippen LogP contribution is 2.47. The second-order valence-electron chi connectivity index (χ2n) is 3.96. The number of nitrogens with zero attached hydrogens (tertiary/aromatic N) is 1. The first kappa shape index (κ1) is 12.4. The SMILES string of the molecule is CCCN(CCO)C(=O)C1(C(N)=S)CC1. The van der Waals surface area contributed by atoms with E-state index in [1.807, 2.05) is 6.92 Å². The minimum atomic E-state index is -0.584. The maximum Gasteiger partial charge on any atom is 0.235 e. The number of nitrogens with two attached hydrogens (primary N) is 1. The molecule has 1 aliphatic rings. The van der Waals surface area contributed by atoms with Crippen LogP contribution in [-0.4, -0.2) is 40.6 Å². The van der Waals surface area contributed by atoms with Gasteiger partial charge < -0.3 is 15.7 Å². The average molecular weight is 230 g/mol. The van der Waals surface area contributed by atoms with E-state index in [-0.39, 0.29) is 12.5 Å². The molecule has 1 fully saturated rings. The predicted molar refractivity (Wildman–Crippen MR) is 62.4 cm³/mol. The summed E-state index contributed by atoms with van der Waals surface area (Å²) in [5.74, 6) is -0.00843. The third kappa shape index (κ3) is 2.46. The van der Waals surface area contributed by atoms with Crippen LogP contribution in [0.2, 0.25) is 0 Å². The van der Waals surface area contributed by atoms with Crippen LogP contribution >= 0.6 is 12.2 Å². The third-order valence-corrected chi connectivity index (χ3v) is 3.17. The van der Waals surface area contributed by atoms with Crippen molar-refractivity contribution in [3.8, 4) is 0 Å². The number of carbonyl (C=O) groups excluding carboxylic acids is 1. The van der Waals surface area contributed by atoms with E-state index in [0.717, 1.165) is 19.3 Å². The molecule has 0 heterocycles. The monoisotopic (exact) mass is 230 g/mol. The second kappa shape index (κ2) is 4.90. The molecule has 1 saturated carbocycles. The van der Waals surface area contributed by atoms with E-state index in [4.69, 9.17) is 23.1 Å². The topological polar surface area (TPSA) is 66.6 Å². The number of thiocarbonyl (C=S) groups is 1. The summed E-state index contributed by atoms with van der Waals surface area (Å²) in [6, 6.07) is 0. The van der Waals surface area contributed by atoms with Gasteiger partial charge in [-0.25, -0.2) is 0 Å². The Bertz CT molecular complexity index is 258. The van der Waals surface area contributed by atoms with Crippen molar-refractivity contribution in [2.75, 3.05) is 19.7 Å². The maximum absolute atomic E-state index is 12.1. The number of aliphatic hydroxyl groups excluding tert-OH is 1. The van der Waals surface area contributed by atoms with Crippen LogP contribution in [0.15, 0.2) is 0 Å². The zero-order valence-corrected chi connectivity index (χ0v) is 9.85. The first-order valence-corrected chi connectivity index (χ1v) is 5.69. The molecular formula is C10H18N2O2S. The van der Waals surface area contributed by atoms with Crippen molar-refractivity contribution in [2.24, 2.45) is 11.1 Å². The van der Waals surface area contributed by atoms with E-state index < -0.39 is 5.41 Å². The van der Waals surface area contributed by atoms with E-state index in [1.54, 1.807) is 4.90 Å². The molecule has 0 saturated heterocycles. The van der Waals surface area contributed by atoms with Crippen molar-refractivity contribution in [2.45, 2.75) is 26.2 Å². The van der Waals surface area contributed by atoms with E-state index in [9.17, 15) is 4.79 Å². The van der Waals surface area contributed by atoms with Crippen molar-refractivity contribution in [3.63, 3.8) is 0 Å². The summed E-state index contributed by atoms with van der Waals surface area (Å²) >= 11 is 4.93. The Morgan fingerprint density at radius 3 is 2.47 bits per heavy atom. The van der Waals surface area contributed by atoms with Crippen LogP contribution in [0, 0.1) is 5.41 Å². The Kier molecular flexibility index (Phi) is 4.04. The molecule has 0 unspecified atom stereocenters. The first-order chi connectivity index (χ1) is 7.08. The Morgan fingerprint density at radius 2 is 2.13 bits per heavy atom. The van der Waals surface area contributed by atoms with E-state index in [1.165, 1.54) is 0 Å². The molecule has 5 heteroatoms. The molecule has 0 aliphatic heterocycles. The van der Waals surface area contributed by atoms with Gasteiger partial charge in [-0.05, 0) is 19.3 Å². The lowest BCUT2D eigenvalue weighted by atomic mass is 10.1. The summed E-state index contributed by atoms with van der Waals surface area (Å²) in [5, 5.41) is 8.88. The lowest BCUT2D eigenvalue weighted by Gasteiger charge is -2.25. The van der Waals surface area contributed by atoms with Gasteiger partial charge in [0, 0.05) is 13.1 Å². The lowest BCUT2D eigenvalue weighted by Crippen LogP contribution is -2.44. The molecule has 1 rings (SSSR count). The van der Waals surface area contributed by atoms with Gasteiger partial charge in [-0.3, -0.25) is 4.79 Å². The molecule has 0 aromatic heterocycles. The fourth-order valence-corrected chi connectivity index (χ4v) is 1.99. The summed E-state index contributed by atoms with van der Waals surface area (Å²) in [7, 11) is 0. The maximum atomic E-state index is 12.1. The molecule has 0 bridgehead atoms. The van der Waals surface area contributed by atoms with Crippen molar-refractivity contribution < 1.29 is 9.90 Å². The molecule has 0 aromatic carbocycles. The predicted octanol–water partition coefficient (Wildman–Crippen LogP) is 0.284. The summed E-state index contributed by atoms with van der Waals surface area (Å²) < 4.78 is 0. The van der Waals surface area contributed by atoms with Gasteiger partial charge in [0.15, 0.2) is 0 Å². The van der Waals surface area contributed by atoms with Crippen LogP contribution in [0.25, 0.3) is 0 Å². The number of carbonyl (C=O) groups is 1. The summed E-state index contributed by atoms with van der Waals surface area (Å²) in [4.78, 5) is 14.1. The Hall–Kier alpha value is -0.680. The van der Waals surface area contributed by atoms with E-state index in [2.05, 4.69) is 0 Å². The minimum Gasteiger partial charge on any atom is -0.395 e. The Morgan fingerprint density at radius 1 is 1.53 bits per heavy atom. The van der Waals surface area contributed by atoms with E-state index in [0.29, 0.717) is 18.1 Å². The lowest BCUT2D eigenvalue weighted by molar-refractivity contribution is -0.135. The molecule has 1 aliphatic carbocycles. The number of amides is 1. The second-order valence-corrected chi connectivity index (χ2v) is 4.40. The highest BCUT2D eigenvalue weighted by atomic mass is 32.1. The van der Waals surface area contributed by atoms with Crippen LogP contribution in [0.1, 0.15) is 26.2 Å². The molecule has 0 spiro atoms. The molecule has 0 radical (unpaired) electrons. The van der Waals surface area contributed by atoms with Crippen molar-refractivity contribution in [3.05, 3.63) is 0 Å². The van der Waals surface area contributed by atoms with Gasteiger partial charge in [0.1, 0.15) is 0 Å². The number of rotatable bonds is 6. The standard InChI is InChI=1S/C10H18N2O2S/c1-2-5-12(6-7-13)9(14)10(3-4-10)8(11)15/h13H,2-7H2,1H3,(H2,11,15). The van der Waals surface area contributed by atoms with Gasteiger partial charge in [0.2, 0.25) is 5.91 Å². The van der Waals surface area contributed by atoms with Gasteiger partial charge >= 0.3 is 0 Å². The van der Waals surface area contributed by atoms with Gasteiger partial charge in [-0.15, -0.1) is 0 Å². The molecule has 1 amide bonds. The highest BCUT2D eigenvalue weighted by Gasteiger charge is 2.54. The average Bonchev–Trinajstić information content (AvgIpc) is 2.97. The zero-order chi connectivity index (χ0) is 11.5. The molecule has 3 N–H and O–H groups in total. The molecule has 86 valence electrons. The Balaban J connectivity index is 2.67. The van der Waals surface area contributed by atoms with E-state index >= 15 is 0 Å². The van der Waals surface area contributed by atoms with Gasteiger partial charge in [0.25, 0.3) is 0 Å². The van der Waals surface area contributed by atoms with Crippen LogP contribution < -0.4 is 5.73 Å². The van der Waals surface area contributed by atoms with Crippen molar-refractivity contribution in [1.29, 1.82) is 0 Å². The minimum absolute atomic E-state index is 0.00843. The third-order valence-electron chi connectivity index (χ3n) is 2.78. The Labute approximate surface area is 95.4 Å². The van der Waals surface area contributed by atoms with Gasteiger partial charge in [-0.1, -0.05) is 19.1 Å². The molecule has 4 nitrogen and oxygen atoms in total. The smallest absolute Gasteiger partial charge is 0.235 e. The number of hydrogen-bond acceptors (Lipinski definition) is 3. The van der Waals surface area contributed by atoms with Crippen LogP contribution in [0.4, 0.5) is 0 Å². The van der Waals surface area contributed by atoms with Crippen molar-refractivity contribution in [1.82, 2.24) is 4.90 Å². The van der Waals surface area contributed by atoms with Crippen LogP contribution in [-0.2, 0) is 4.79 Å². The quantitative estimate of drug-likeness (QED) is 0.643. The molecule has 0 atom stereocenters. The summed E-state index contributed by atoms with van der Waals surface area (Å²) in [5.41, 5.74) is 5.00. The van der Waals surface area contributed by atoms with Gasteiger partial charge in [0.05, 0.1) is 17.0 Å². The highest BCUT2D eigenvalue weighted by molar-refractivity contribution is 7.80. The normalized spacial score (nSPS) is 17.2. The van der Waals surface area contributed by atoms with Crippen LogP contribution in [0.5, 0.6) is 0 Å². The molecule has 15 heavy (non-hydrogen) atoms. The van der Waals surface area contributed by atoms with Crippen molar-refractivity contribution >= 4 is 23.1 Å². The first-order valence-electron chi connectivity index (χ1n) is 5.28. The number of aliphatic hydroxyl groups is 1. The fourth-order valence-electron chi connectivity index (χ4n) is 1.70. The summed E-state index contributed by atoms with van der Waals surface area (Å²) in [6.07, 6.45) is 2.39. The summed E-state index contributed by atoms with van der Waals surface area (Å²) in [6.45, 7) is 3.01. The number of hydrogen-bond donors (Lipinski definition) is 2. The molecule has 0 aromatic rings.